The van der Waals surface area contributed by atoms with Crippen LogP contribution in [0, 0.1) is 0 Å². The maximum atomic E-state index is 5.96. The van der Waals surface area contributed by atoms with Crippen molar-refractivity contribution < 1.29 is 4.74 Å². The van der Waals surface area contributed by atoms with E-state index in [0.29, 0.717) is 6.61 Å². The monoisotopic (exact) mass is 269 g/mol. The summed E-state index contributed by atoms with van der Waals surface area (Å²) in [5, 5.41) is 0. The summed E-state index contributed by atoms with van der Waals surface area (Å²) in [5.41, 5.74) is 3.80. The number of rotatable bonds is 6. The highest BCUT2D eigenvalue weighted by atomic mass is 16.5. The van der Waals surface area contributed by atoms with Crippen LogP contribution in [0.2, 0.25) is 0 Å². The molecule has 0 radical (unpaired) electrons. The Bertz CT molecular complexity index is 549. The maximum Gasteiger partial charge on any atom is 0.122 e. The minimum absolute atomic E-state index is 0.623. The van der Waals surface area contributed by atoms with Crippen molar-refractivity contribution in [2.45, 2.75) is 26.5 Å². The summed E-state index contributed by atoms with van der Waals surface area (Å²) in [6.07, 6.45) is 0.997. The molecule has 0 amide bonds. The fourth-order valence-corrected chi connectivity index (χ4v) is 2.28. The highest BCUT2D eigenvalue weighted by molar-refractivity contribution is 5.33. The Kier molecular flexibility index (Phi) is 5.19. The normalized spacial score (nSPS) is 10.8. The predicted molar refractivity (Wildman–Crippen MR) is 84.0 cm³/mol. The largest absolute Gasteiger partial charge is 0.489 e. The smallest absolute Gasteiger partial charge is 0.122 e. The Hall–Kier alpha value is -1.80. The Labute approximate surface area is 122 Å². The van der Waals surface area contributed by atoms with Gasteiger partial charge in [-0.05, 0) is 43.3 Å². The number of aryl methyl sites for hydroxylation is 1. The zero-order valence-electron chi connectivity index (χ0n) is 12.6. The van der Waals surface area contributed by atoms with Crippen molar-refractivity contribution in [1.82, 2.24) is 4.90 Å². The molecule has 2 nitrogen and oxygen atoms in total. The molecular weight excluding hydrogens is 246 g/mol. The van der Waals surface area contributed by atoms with Gasteiger partial charge in [0.2, 0.25) is 0 Å². The molecule has 2 aromatic carbocycles. The van der Waals surface area contributed by atoms with Crippen LogP contribution in [0.3, 0.4) is 0 Å². The van der Waals surface area contributed by atoms with Crippen molar-refractivity contribution in [1.29, 1.82) is 0 Å². The van der Waals surface area contributed by atoms with E-state index in [2.05, 4.69) is 62.3 Å². The molecule has 0 aliphatic heterocycles. The molecule has 0 saturated heterocycles. The summed E-state index contributed by atoms with van der Waals surface area (Å²) in [7, 11) is 4.17. The van der Waals surface area contributed by atoms with Crippen LogP contribution in [0.1, 0.15) is 23.6 Å². The van der Waals surface area contributed by atoms with Crippen LogP contribution in [-0.4, -0.2) is 19.0 Å². The summed E-state index contributed by atoms with van der Waals surface area (Å²) in [5.74, 6) is 0.994. The first-order chi connectivity index (χ1) is 9.69. The first-order valence-corrected chi connectivity index (χ1v) is 7.12. The molecule has 106 valence electrons. The maximum absolute atomic E-state index is 5.96. The van der Waals surface area contributed by atoms with Gasteiger partial charge in [0, 0.05) is 6.54 Å². The number of hydrogen-bond donors (Lipinski definition) is 0. The first-order valence-electron chi connectivity index (χ1n) is 7.12. The molecule has 0 unspecified atom stereocenters. The summed E-state index contributed by atoms with van der Waals surface area (Å²) in [6.45, 7) is 3.73. The van der Waals surface area contributed by atoms with Gasteiger partial charge in [0.25, 0.3) is 0 Å². The Balaban J connectivity index is 2.03. The number of hydrogen-bond acceptors (Lipinski definition) is 2. The zero-order valence-corrected chi connectivity index (χ0v) is 12.6. The van der Waals surface area contributed by atoms with E-state index in [1.165, 1.54) is 16.7 Å². The molecule has 0 aromatic heterocycles. The van der Waals surface area contributed by atoms with Gasteiger partial charge in [-0.2, -0.15) is 0 Å². The van der Waals surface area contributed by atoms with Crippen LogP contribution < -0.4 is 4.74 Å². The molecule has 2 aromatic rings. The fraction of sp³-hybridized carbons (Fsp3) is 0.333. The van der Waals surface area contributed by atoms with E-state index in [4.69, 9.17) is 4.74 Å². The molecule has 0 heterocycles. The molecule has 0 saturated carbocycles. The summed E-state index contributed by atoms with van der Waals surface area (Å²) in [4.78, 5) is 2.17. The number of ether oxygens (including phenoxy) is 1. The van der Waals surface area contributed by atoms with Crippen LogP contribution in [0.4, 0.5) is 0 Å². The van der Waals surface area contributed by atoms with Gasteiger partial charge in [-0.3, -0.25) is 0 Å². The van der Waals surface area contributed by atoms with Gasteiger partial charge in [-0.25, -0.2) is 0 Å². The van der Waals surface area contributed by atoms with Crippen molar-refractivity contribution in [2.24, 2.45) is 0 Å². The van der Waals surface area contributed by atoms with E-state index >= 15 is 0 Å². The van der Waals surface area contributed by atoms with Crippen molar-refractivity contribution in [3.8, 4) is 5.75 Å². The topological polar surface area (TPSA) is 12.5 Å². The Morgan fingerprint density at radius 3 is 2.45 bits per heavy atom. The van der Waals surface area contributed by atoms with Gasteiger partial charge >= 0.3 is 0 Å². The van der Waals surface area contributed by atoms with Crippen LogP contribution >= 0.6 is 0 Å². The quantitative estimate of drug-likeness (QED) is 0.789. The lowest BCUT2D eigenvalue weighted by Crippen LogP contribution is -2.10. The van der Waals surface area contributed by atoms with E-state index < -0.39 is 0 Å². The van der Waals surface area contributed by atoms with Crippen LogP contribution in [0.5, 0.6) is 5.75 Å². The second-order valence-electron chi connectivity index (χ2n) is 5.31. The molecular formula is C18H23NO. The lowest BCUT2D eigenvalue weighted by Gasteiger charge is -2.13. The average Bonchev–Trinajstić information content (AvgIpc) is 2.45. The van der Waals surface area contributed by atoms with E-state index in [1.807, 2.05) is 12.1 Å². The Morgan fingerprint density at radius 2 is 1.70 bits per heavy atom. The molecule has 0 aliphatic rings. The summed E-state index contributed by atoms with van der Waals surface area (Å²) < 4.78 is 5.96. The van der Waals surface area contributed by atoms with E-state index in [0.717, 1.165) is 18.7 Å². The molecule has 0 spiro atoms. The Morgan fingerprint density at radius 1 is 0.950 bits per heavy atom. The molecule has 2 heteroatoms. The lowest BCUT2D eigenvalue weighted by atomic mass is 10.1. The van der Waals surface area contributed by atoms with Crippen molar-refractivity contribution >= 4 is 0 Å². The lowest BCUT2D eigenvalue weighted by molar-refractivity contribution is 0.303. The van der Waals surface area contributed by atoms with Gasteiger partial charge in [0.15, 0.2) is 0 Å². The molecule has 0 fully saturated rings. The van der Waals surface area contributed by atoms with Crippen molar-refractivity contribution in [3.63, 3.8) is 0 Å². The molecule has 0 atom stereocenters. The van der Waals surface area contributed by atoms with Gasteiger partial charge in [-0.15, -0.1) is 0 Å². The molecule has 0 N–H and O–H groups in total. The SMILES string of the molecule is CCc1ccccc1OCc1cccc(CN(C)C)c1. The third-order valence-corrected chi connectivity index (χ3v) is 3.24. The zero-order chi connectivity index (χ0) is 14.4. The third kappa shape index (κ3) is 4.10. The second kappa shape index (κ2) is 7.11. The highest BCUT2D eigenvalue weighted by Gasteiger charge is 2.02. The first kappa shape index (κ1) is 14.6. The standard InChI is InChI=1S/C18H23NO/c1-4-17-10-5-6-11-18(17)20-14-16-9-7-8-15(12-16)13-19(2)3/h5-12H,4,13-14H2,1-3H3. The fourth-order valence-electron chi connectivity index (χ4n) is 2.28. The summed E-state index contributed by atoms with van der Waals surface area (Å²) in [6, 6.07) is 16.8. The second-order valence-corrected chi connectivity index (χ2v) is 5.31. The van der Waals surface area contributed by atoms with Crippen molar-refractivity contribution in [2.75, 3.05) is 14.1 Å². The number of para-hydroxylation sites is 1. The minimum atomic E-state index is 0.623. The predicted octanol–water partition coefficient (Wildman–Crippen LogP) is 3.89. The highest BCUT2D eigenvalue weighted by Crippen LogP contribution is 2.20. The van der Waals surface area contributed by atoms with E-state index in [9.17, 15) is 0 Å². The number of nitrogens with zero attached hydrogens (tertiary/aromatic N) is 1. The minimum Gasteiger partial charge on any atom is -0.489 e. The molecule has 0 aliphatic carbocycles. The molecule has 2 rings (SSSR count). The van der Waals surface area contributed by atoms with E-state index in [-0.39, 0.29) is 0 Å². The molecule has 20 heavy (non-hydrogen) atoms. The van der Waals surface area contributed by atoms with E-state index in [1.54, 1.807) is 0 Å². The number of benzene rings is 2. The van der Waals surface area contributed by atoms with Gasteiger partial charge in [0.05, 0.1) is 0 Å². The average molecular weight is 269 g/mol. The van der Waals surface area contributed by atoms with Crippen molar-refractivity contribution in [3.05, 3.63) is 65.2 Å². The third-order valence-electron chi connectivity index (χ3n) is 3.24. The molecule has 0 bridgehead atoms. The van der Waals surface area contributed by atoms with Crippen LogP contribution in [-0.2, 0) is 19.6 Å². The van der Waals surface area contributed by atoms with Gasteiger partial charge in [-0.1, -0.05) is 49.4 Å². The van der Waals surface area contributed by atoms with Crippen LogP contribution in [0.15, 0.2) is 48.5 Å². The van der Waals surface area contributed by atoms with Crippen LogP contribution in [0.25, 0.3) is 0 Å². The summed E-state index contributed by atoms with van der Waals surface area (Å²) >= 11 is 0. The van der Waals surface area contributed by atoms with Gasteiger partial charge < -0.3 is 9.64 Å². The van der Waals surface area contributed by atoms with Gasteiger partial charge in [0.1, 0.15) is 12.4 Å².